The van der Waals surface area contributed by atoms with Crippen LogP contribution in [0, 0.1) is 0 Å². The molecule has 108 valence electrons. The first kappa shape index (κ1) is 12.8. The van der Waals surface area contributed by atoms with Crippen molar-refractivity contribution in [3.05, 3.63) is 76.3 Å². The van der Waals surface area contributed by atoms with Gasteiger partial charge >= 0.3 is 0 Å². The van der Waals surface area contributed by atoms with Gasteiger partial charge in [0.1, 0.15) is 6.34 Å². The van der Waals surface area contributed by atoms with Gasteiger partial charge in [-0.1, -0.05) is 42.5 Å². The van der Waals surface area contributed by atoms with Crippen molar-refractivity contribution < 1.29 is 0 Å². The Morgan fingerprint density at radius 3 is 2.64 bits per heavy atom. The summed E-state index contributed by atoms with van der Waals surface area (Å²) in [6.45, 7) is 1.31. The molecular weight excluding hydrogens is 276 g/mol. The molecule has 22 heavy (non-hydrogen) atoms. The van der Waals surface area contributed by atoms with Gasteiger partial charge in [-0.05, 0) is 17.7 Å². The molecule has 0 saturated heterocycles. The smallest absolute Gasteiger partial charge is 0.282 e. The van der Waals surface area contributed by atoms with Crippen molar-refractivity contribution in [2.24, 2.45) is 5.10 Å². The minimum Gasteiger partial charge on any atom is -0.349 e. The Morgan fingerprint density at radius 1 is 1.00 bits per heavy atom. The molecule has 1 aliphatic rings. The van der Waals surface area contributed by atoms with E-state index in [0.717, 1.165) is 12.1 Å². The fraction of sp³-hybridized carbons (Fsp3) is 0.118. The van der Waals surface area contributed by atoms with Crippen molar-refractivity contribution >= 4 is 17.2 Å². The number of fused-ring (bicyclic) bond motifs is 2. The van der Waals surface area contributed by atoms with Crippen molar-refractivity contribution in [1.82, 2.24) is 14.6 Å². The maximum Gasteiger partial charge on any atom is 0.282 e. The SMILES string of the molecule is O=c1c2ccccc2nc2n1N=CN(Cc1ccccc1)C2. The normalized spacial score (nSPS) is 13.4. The van der Waals surface area contributed by atoms with Crippen LogP contribution in [0.2, 0.25) is 0 Å². The van der Waals surface area contributed by atoms with E-state index in [1.54, 1.807) is 12.4 Å². The number of hydrogen-bond acceptors (Lipinski definition) is 4. The molecule has 5 heteroatoms. The minimum atomic E-state index is -0.115. The van der Waals surface area contributed by atoms with Gasteiger partial charge in [0.25, 0.3) is 5.56 Å². The van der Waals surface area contributed by atoms with Gasteiger partial charge in [-0.25, -0.2) is 4.98 Å². The second kappa shape index (κ2) is 5.11. The highest BCUT2D eigenvalue weighted by molar-refractivity contribution is 5.77. The van der Waals surface area contributed by atoms with Crippen molar-refractivity contribution in [3.63, 3.8) is 0 Å². The number of rotatable bonds is 2. The molecule has 1 aromatic heterocycles. The van der Waals surface area contributed by atoms with E-state index in [1.807, 2.05) is 41.3 Å². The third-order valence-electron chi connectivity index (χ3n) is 3.72. The summed E-state index contributed by atoms with van der Waals surface area (Å²) in [6, 6.07) is 17.5. The van der Waals surface area contributed by atoms with Gasteiger partial charge in [0, 0.05) is 6.54 Å². The summed E-state index contributed by atoms with van der Waals surface area (Å²) in [6.07, 6.45) is 1.71. The van der Waals surface area contributed by atoms with Crippen molar-refractivity contribution in [1.29, 1.82) is 0 Å². The highest BCUT2D eigenvalue weighted by Gasteiger charge is 2.16. The lowest BCUT2D eigenvalue weighted by Crippen LogP contribution is -2.33. The minimum absolute atomic E-state index is 0.115. The van der Waals surface area contributed by atoms with E-state index >= 15 is 0 Å². The summed E-state index contributed by atoms with van der Waals surface area (Å²) in [7, 11) is 0. The van der Waals surface area contributed by atoms with Crippen LogP contribution in [0.5, 0.6) is 0 Å². The number of aromatic nitrogens is 2. The zero-order valence-electron chi connectivity index (χ0n) is 11.9. The Kier molecular flexibility index (Phi) is 2.96. The van der Waals surface area contributed by atoms with Crippen LogP contribution in [0.25, 0.3) is 10.9 Å². The molecule has 0 saturated carbocycles. The predicted molar refractivity (Wildman–Crippen MR) is 85.6 cm³/mol. The standard InChI is InChI=1S/C17H14N4O/c22-17-14-8-4-5-9-15(14)19-16-11-20(12-18-21(16)17)10-13-6-2-1-3-7-13/h1-9,12H,10-11H2. The third-order valence-corrected chi connectivity index (χ3v) is 3.72. The lowest BCUT2D eigenvalue weighted by atomic mass is 10.2. The van der Waals surface area contributed by atoms with E-state index in [-0.39, 0.29) is 5.56 Å². The van der Waals surface area contributed by atoms with E-state index in [2.05, 4.69) is 22.2 Å². The van der Waals surface area contributed by atoms with Crippen LogP contribution in [-0.2, 0) is 13.1 Å². The highest BCUT2D eigenvalue weighted by atomic mass is 16.1. The summed E-state index contributed by atoms with van der Waals surface area (Å²) in [4.78, 5) is 19.1. The number of nitrogens with zero attached hydrogens (tertiary/aromatic N) is 4. The lowest BCUT2D eigenvalue weighted by molar-refractivity contribution is 0.376. The molecule has 3 aromatic rings. The molecule has 2 aromatic carbocycles. The Bertz CT molecular complexity index is 915. The summed E-state index contributed by atoms with van der Waals surface area (Å²) in [5.74, 6) is 0.669. The van der Waals surface area contributed by atoms with Gasteiger partial charge in [0.05, 0.1) is 17.4 Å². The molecular formula is C17H14N4O. The van der Waals surface area contributed by atoms with E-state index in [9.17, 15) is 4.79 Å². The molecule has 0 atom stereocenters. The second-order valence-corrected chi connectivity index (χ2v) is 5.28. The van der Waals surface area contributed by atoms with Crippen LogP contribution >= 0.6 is 0 Å². The van der Waals surface area contributed by atoms with Crippen LogP contribution in [0.1, 0.15) is 11.4 Å². The van der Waals surface area contributed by atoms with E-state index in [4.69, 9.17) is 0 Å². The van der Waals surface area contributed by atoms with Gasteiger partial charge < -0.3 is 4.90 Å². The first-order chi connectivity index (χ1) is 10.8. The van der Waals surface area contributed by atoms with Gasteiger partial charge in [-0.15, -0.1) is 0 Å². The third kappa shape index (κ3) is 2.16. The summed E-state index contributed by atoms with van der Waals surface area (Å²) >= 11 is 0. The van der Waals surface area contributed by atoms with Crippen LogP contribution in [0.4, 0.5) is 0 Å². The molecule has 0 radical (unpaired) electrons. The van der Waals surface area contributed by atoms with Gasteiger partial charge in [0.15, 0.2) is 5.82 Å². The van der Waals surface area contributed by atoms with Crippen molar-refractivity contribution in [3.8, 4) is 0 Å². The predicted octanol–water partition coefficient (Wildman–Crippen LogP) is 2.20. The quantitative estimate of drug-likeness (QED) is 0.727. The summed E-state index contributed by atoms with van der Waals surface area (Å²) in [5.41, 5.74) is 1.80. The summed E-state index contributed by atoms with van der Waals surface area (Å²) in [5, 5.41) is 4.86. The van der Waals surface area contributed by atoms with Crippen LogP contribution in [0.3, 0.4) is 0 Å². The average Bonchev–Trinajstić information content (AvgIpc) is 2.56. The molecule has 4 rings (SSSR count). The maximum atomic E-state index is 12.4. The topological polar surface area (TPSA) is 50.5 Å². The van der Waals surface area contributed by atoms with E-state index < -0.39 is 0 Å². The first-order valence-electron chi connectivity index (χ1n) is 7.14. The largest absolute Gasteiger partial charge is 0.349 e. The van der Waals surface area contributed by atoms with Crippen LogP contribution in [0.15, 0.2) is 64.5 Å². The van der Waals surface area contributed by atoms with Crippen LogP contribution in [-0.4, -0.2) is 20.9 Å². The maximum absolute atomic E-state index is 12.4. The summed E-state index contributed by atoms with van der Waals surface area (Å²) < 4.78 is 1.39. The molecule has 1 aliphatic heterocycles. The molecule has 0 unspecified atom stereocenters. The molecule has 2 heterocycles. The Labute approximate surface area is 127 Å². The average molecular weight is 290 g/mol. The zero-order valence-corrected chi connectivity index (χ0v) is 11.9. The highest BCUT2D eigenvalue weighted by Crippen LogP contribution is 2.13. The van der Waals surface area contributed by atoms with Gasteiger partial charge in [-0.3, -0.25) is 4.79 Å². The Balaban J connectivity index is 1.71. The number of benzene rings is 2. The fourth-order valence-electron chi connectivity index (χ4n) is 2.65. The molecule has 5 nitrogen and oxygen atoms in total. The van der Waals surface area contributed by atoms with E-state index in [0.29, 0.717) is 17.8 Å². The van der Waals surface area contributed by atoms with E-state index in [1.165, 1.54) is 10.2 Å². The Morgan fingerprint density at radius 2 is 1.77 bits per heavy atom. The van der Waals surface area contributed by atoms with Gasteiger partial charge in [-0.2, -0.15) is 9.78 Å². The first-order valence-corrected chi connectivity index (χ1v) is 7.14. The Hall–Kier alpha value is -2.95. The molecule has 0 spiro atoms. The van der Waals surface area contributed by atoms with Crippen molar-refractivity contribution in [2.45, 2.75) is 13.1 Å². The van der Waals surface area contributed by atoms with Crippen LogP contribution < -0.4 is 5.56 Å². The zero-order chi connectivity index (χ0) is 14.9. The van der Waals surface area contributed by atoms with Crippen molar-refractivity contribution in [2.75, 3.05) is 0 Å². The molecule has 0 aliphatic carbocycles. The molecule has 0 N–H and O–H groups in total. The lowest BCUT2D eigenvalue weighted by Gasteiger charge is -2.24. The number of para-hydroxylation sites is 1. The fourth-order valence-corrected chi connectivity index (χ4v) is 2.65. The second-order valence-electron chi connectivity index (χ2n) is 5.28. The number of hydrogen-bond donors (Lipinski definition) is 0. The van der Waals surface area contributed by atoms with Gasteiger partial charge in [0.2, 0.25) is 0 Å². The molecule has 0 fully saturated rings. The monoisotopic (exact) mass is 290 g/mol. The molecule has 0 amide bonds. The molecule has 0 bridgehead atoms.